The highest BCUT2D eigenvalue weighted by molar-refractivity contribution is 6.26. The maximum absolute atomic E-state index is 12.1. The molecule has 92 valence electrons. The minimum absolute atomic E-state index is 0.0955. The summed E-state index contributed by atoms with van der Waals surface area (Å²) in [6.45, 7) is 7.53. The van der Waals surface area contributed by atoms with Gasteiger partial charge in [-0.3, -0.25) is 14.4 Å². The third-order valence-corrected chi connectivity index (χ3v) is 3.35. The van der Waals surface area contributed by atoms with Crippen molar-refractivity contribution in [1.82, 2.24) is 0 Å². The molecule has 0 bridgehead atoms. The van der Waals surface area contributed by atoms with Crippen molar-refractivity contribution in [3.8, 4) is 0 Å². The van der Waals surface area contributed by atoms with Gasteiger partial charge in [-0.05, 0) is 34.6 Å². The van der Waals surface area contributed by atoms with E-state index in [4.69, 9.17) is 5.11 Å². The summed E-state index contributed by atoms with van der Waals surface area (Å²) in [6, 6.07) is 0. The number of Topliss-reactive ketones (excluding diaryl/α,β-unsaturated/α-hetero) is 2. The van der Waals surface area contributed by atoms with Gasteiger partial charge in [0.25, 0.3) is 0 Å². The number of carbonyl (C=O) groups excluding carboxylic acids is 2. The molecule has 1 rings (SSSR count). The largest absolute Gasteiger partial charge is 0.481 e. The monoisotopic (exact) mass is 236 g/mol. The minimum Gasteiger partial charge on any atom is -0.481 e. The molecule has 4 heteroatoms. The zero-order valence-electron chi connectivity index (χ0n) is 10.7. The Morgan fingerprint density at radius 2 is 1.35 bits per heavy atom. The molecule has 0 aromatic carbocycles. The summed E-state index contributed by atoms with van der Waals surface area (Å²) in [6.07, 6.45) is 0. The minimum atomic E-state index is -1.35. The van der Waals surface area contributed by atoms with Crippen molar-refractivity contribution in [2.45, 2.75) is 34.6 Å². The van der Waals surface area contributed by atoms with E-state index in [-0.39, 0.29) is 22.7 Å². The molecule has 0 heterocycles. The average Bonchev–Trinajstić information content (AvgIpc) is 2.23. The highest BCUT2D eigenvalue weighted by Crippen LogP contribution is 2.36. The Morgan fingerprint density at radius 1 is 0.941 bits per heavy atom. The number of carboxylic acid groups (broad SMARTS) is 1. The van der Waals surface area contributed by atoms with Crippen LogP contribution in [0.1, 0.15) is 34.6 Å². The van der Waals surface area contributed by atoms with E-state index in [9.17, 15) is 14.4 Å². The summed E-state index contributed by atoms with van der Waals surface area (Å²) >= 11 is 0. The lowest BCUT2D eigenvalue weighted by Gasteiger charge is -2.28. The first kappa shape index (κ1) is 13.4. The Morgan fingerprint density at radius 3 is 1.76 bits per heavy atom. The fourth-order valence-electron chi connectivity index (χ4n) is 1.95. The lowest BCUT2D eigenvalue weighted by molar-refractivity contribution is -0.145. The van der Waals surface area contributed by atoms with Crippen LogP contribution in [0.5, 0.6) is 0 Å². The first-order chi connectivity index (χ1) is 7.62. The third-order valence-electron chi connectivity index (χ3n) is 3.35. The van der Waals surface area contributed by atoms with Crippen LogP contribution in [-0.2, 0) is 14.4 Å². The third kappa shape index (κ3) is 1.84. The number of rotatable bonds is 2. The lowest BCUT2D eigenvalue weighted by Crippen LogP contribution is -2.35. The fraction of sp³-hybridized carbons (Fsp3) is 0.462. The van der Waals surface area contributed by atoms with Crippen molar-refractivity contribution >= 4 is 17.5 Å². The van der Waals surface area contributed by atoms with E-state index in [1.165, 1.54) is 20.8 Å². The molecule has 0 spiro atoms. The predicted octanol–water partition coefficient (Wildman–Crippen LogP) is 1.90. The standard InChI is InChI=1S/C13H16O4/c1-6-7(2)11(15)9(8(3)10(6)14)13(4,5)12(16)17/h1-5H3,(H,16,17). The van der Waals surface area contributed by atoms with Crippen molar-refractivity contribution in [1.29, 1.82) is 0 Å². The molecular weight excluding hydrogens is 220 g/mol. The van der Waals surface area contributed by atoms with Crippen molar-refractivity contribution in [2.24, 2.45) is 5.41 Å². The number of hydrogen-bond acceptors (Lipinski definition) is 3. The van der Waals surface area contributed by atoms with Gasteiger partial charge in [-0.15, -0.1) is 0 Å². The van der Waals surface area contributed by atoms with Gasteiger partial charge in [0.2, 0.25) is 0 Å². The second-order valence-corrected chi connectivity index (χ2v) is 4.84. The molecule has 1 aliphatic carbocycles. The molecule has 1 N–H and O–H groups in total. The maximum atomic E-state index is 12.1. The SMILES string of the molecule is CC1=C(C)C(=O)C(C(C)(C)C(=O)O)=C(C)C1=O. The first-order valence-electron chi connectivity index (χ1n) is 5.34. The smallest absolute Gasteiger partial charge is 0.313 e. The van der Waals surface area contributed by atoms with Gasteiger partial charge in [-0.25, -0.2) is 0 Å². The zero-order chi connectivity index (χ0) is 13.5. The number of allylic oxidation sites excluding steroid dienone is 3. The summed E-state index contributed by atoms with van der Waals surface area (Å²) in [5, 5.41) is 9.15. The van der Waals surface area contributed by atoms with Crippen molar-refractivity contribution in [3.63, 3.8) is 0 Å². The summed E-state index contributed by atoms with van der Waals surface area (Å²) < 4.78 is 0. The molecule has 17 heavy (non-hydrogen) atoms. The van der Waals surface area contributed by atoms with Crippen LogP contribution < -0.4 is 0 Å². The molecule has 0 atom stereocenters. The van der Waals surface area contributed by atoms with Gasteiger partial charge in [-0.1, -0.05) is 0 Å². The molecule has 0 aromatic heterocycles. The van der Waals surface area contributed by atoms with Crippen LogP contribution in [0.3, 0.4) is 0 Å². The van der Waals surface area contributed by atoms with E-state index in [1.54, 1.807) is 13.8 Å². The van der Waals surface area contributed by atoms with E-state index >= 15 is 0 Å². The Kier molecular flexibility index (Phi) is 3.10. The van der Waals surface area contributed by atoms with Gasteiger partial charge in [0, 0.05) is 22.3 Å². The van der Waals surface area contributed by atoms with Crippen LogP contribution in [-0.4, -0.2) is 22.6 Å². The Balaban J connectivity index is 3.50. The Labute approximate surface area is 100 Å². The topological polar surface area (TPSA) is 71.4 Å². The quantitative estimate of drug-likeness (QED) is 0.743. The van der Waals surface area contributed by atoms with E-state index < -0.39 is 11.4 Å². The molecule has 0 saturated carbocycles. The number of aliphatic carboxylic acids is 1. The van der Waals surface area contributed by atoms with Crippen LogP contribution in [0, 0.1) is 5.41 Å². The van der Waals surface area contributed by atoms with Crippen molar-refractivity contribution < 1.29 is 19.5 Å². The Hall–Kier alpha value is -1.71. The fourth-order valence-corrected chi connectivity index (χ4v) is 1.95. The van der Waals surface area contributed by atoms with E-state index in [1.807, 2.05) is 0 Å². The van der Waals surface area contributed by atoms with E-state index in [2.05, 4.69) is 0 Å². The van der Waals surface area contributed by atoms with E-state index in [0.717, 1.165) is 0 Å². The number of ketones is 2. The molecule has 0 amide bonds. The second kappa shape index (κ2) is 3.95. The summed E-state index contributed by atoms with van der Waals surface area (Å²) in [5.41, 5.74) is -0.273. The highest BCUT2D eigenvalue weighted by atomic mass is 16.4. The summed E-state index contributed by atoms with van der Waals surface area (Å²) in [5.74, 6) is -1.70. The molecule has 0 radical (unpaired) electrons. The highest BCUT2D eigenvalue weighted by Gasteiger charge is 2.41. The normalized spacial score (nSPS) is 17.9. The van der Waals surface area contributed by atoms with Gasteiger partial charge in [-0.2, -0.15) is 0 Å². The molecular formula is C13H16O4. The number of carboxylic acids is 1. The van der Waals surface area contributed by atoms with Crippen LogP contribution in [0.2, 0.25) is 0 Å². The molecule has 0 saturated heterocycles. The van der Waals surface area contributed by atoms with E-state index in [0.29, 0.717) is 11.1 Å². The Bertz CT molecular complexity index is 490. The van der Waals surface area contributed by atoms with Gasteiger partial charge in [0.1, 0.15) is 0 Å². The van der Waals surface area contributed by atoms with Gasteiger partial charge in [0.15, 0.2) is 11.6 Å². The van der Waals surface area contributed by atoms with Crippen LogP contribution >= 0.6 is 0 Å². The average molecular weight is 236 g/mol. The number of carbonyl (C=O) groups is 3. The molecule has 0 fully saturated rings. The first-order valence-corrected chi connectivity index (χ1v) is 5.34. The van der Waals surface area contributed by atoms with Gasteiger partial charge in [0.05, 0.1) is 5.41 Å². The molecule has 0 aliphatic heterocycles. The predicted molar refractivity (Wildman–Crippen MR) is 62.5 cm³/mol. The molecule has 0 unspecified atom stereocenters. The summed E-state index contributed by atoms with van der Waals surface area (Å²) in [7, 11) is 0. The maximum Gasteiger partial charge on any atom is 0.313 e. The number of hydrogen-bond donors (Lipinski definition) is 1. The van der Waals surface area contributed by atoms with Crippen molar-refractivity contribution in [2.75, 3.05) is 0 Å². The van der Waals surface area contributed by atoms with Crippen LogP contribution in [0.4, 0.5) is 0 Å². The van der Waals surface area contributed by atoms with Gasteiger partial charge < -0.3 is 5.11 Å². The molecule has 0 aromatic rings. The summed E-state index contributed by atoms with van der Waals surface area (Å²) in [4.78, 5) is 35.2. The van der Waals surface area contributed by atoms with Crippen LogP contribution in [0.25, 0.3) is 0 Å². The zero-order valence-corrected chi connectivity index (χ0v) is 10.7. The van der Waals surface area contributed by atoms with Gasteiger partial charge >= 0.3 is 5.97 Å². The molecule has 1 aliphatic rings. The molecule has 4 nitrogen and oxygen atoms in total. The van der Waals surface area contributed by atoms with Crippen LogP contribution in [0.15, 0.2) is 22.3 Å². The second-order valence-electron chi connectivity index (χ2n) is 4.84. The lowest BCUT2D eigenvalue weighted by atomic mass is 9.73. The van der Waals surface area contributed by atoms with Crippen molar-refractivity contribution in [3.05, 3.63) is 22.3 Å².